The maximum absolute atomic E-state index is 3.49. The zero-order valence-electron chi connectivity index (χ0n) is 9.58. The van der Waals surface area contributed by atoms with Crippen LogP contribution >= 0.6 is 27.3 Å². The van der Waals surface area contributed by atoms with E-state index in [1.807, 2.05) is 11.3 Å². The summed E-state index contributed by atoms with van der Waals surface area (Å²) in [5.74, 6) is 0. The lowest BCUT2D eigenvalue weighted by atomic mass is 10.2. The van der Waals surface area contributed by atoms with Gasteiger partial charge in [0.1, 0.15) is 0 Å². The first-order chi connectivity index (χ1) is 7.24. The van der Waals surface area contributed by atoms with Crippen LogP contribution in [0.4, 0.5) is 0 Å². The Hall–Kier alpha value is 0.140. The molecule has 1 aromatic rings. The molecule has 0 spiro atoms. The molecule has 15 heavy (non-hydrogen) atoms. The van der Waals surface area contributed by atoms with Crippen molar-refractivity contribution < 1.29 is 0 Å². The lowest BCUT2D eigenvalue weighted by molar-refractivity contribution is 0.226. The molecule has 3 heteroatoms. The summed E-state index contributed by atoms with van der Waals surface area (Å²) in [7, 11) is 0. The van der Waals surface area contributed by atoms with Crippen molar-refractivity contribution in [2.45, 2.75) is 32.7 Å². The minimum absolute atomic E-state index is 0.656. The van der Waals surface area contributed by atoms with E-state index in [2.05, 4.69) is 52.2 Å². The molecular formula is C12H20BrNS. The van der Waals surface area contributed by atoms with Crippen LogP contribution < -0.4 is 0 Å². The molecule has 0 N–H and O–H groups in total. The molecule has 0 aromatic carbocycles. The number of thiophene rings is 1. The second kappa shape index (κ2) is 7.42. The zero-order chi connectivity index (χ0) is 11.1. The van der Waals surface area contributed by atoms with Crippen molar-refractivity contribution >= 4 is 27.3 Å². The topological polar surface area (TPSA) is 3.24 Å². The van der Waals surface area contributed by atoms with Gasteiger partial charge in [-0.15, -0.1) is 11.3 Å². The van der Waals surface area contributed by atoms with Crippen LogP contribution in [0.3, 0.4) is 0 Å². The Morgan fingerprint density at radius 2 is 2.20 bits per heavy atom. The summed E-state index contributed by atoms with van der Waals surface area (Å²) in [5, 5.41) is 3.27. The van der Waals surface area contributed by atoms with Crippen LogP contribution in [-0.2, 0) is 6.42 Å². The van der Waals surface area contributed by atoms with Gasteiger partial charge in [0, 0.05) is 22.8 Å². The van der Waals surface area contributed by atoms with Gasteiger partial charge in [-0.05, 0) is 44.7 Å². The molecule has 0 saturated carbocycles. The monoisotopic (exact) mass is 289 g/mol. The lowest BCUT2D eigenvalue weighted by Crippen LogP contribution is -2.33. The van der Waals surface area contributed by atoms with Gasteiger partial charge in [-0.1, -0.05) is 22.0 Å². The first kappa shape index (κ1) is 13.2. The fraction of sp³-hybridized carbons (Fsp3) is 0.667. The molecular weight excluding hydrogens is 270 g/mol. The lowest BCUT2D eigenvalue weighted by Gasteiger charge is -2.25. The van der Waals surface area contributed by atoms with E-state index in [4.69, 9.17) is 0 Å². The highest BCUT2D eigenvalue weighted by atomic mass is 79.9. The highest BCUT2D eigenvalue weighted by Gasteiger charge is 2.08. The minimum atomic E-state index is 0.656. The summed E-state index contributed by atoms with van der Waals surface area (Å²) in [4.78, 5) is 4.06. The molecule has 0 saturated heterocycles. The van der Waals surface area contributed by atoms with Gasteiger partial charge >= 0.3 is 0 Å². The second-order valence-corrected chi connectivity index (χ2v) is 5.83. The van der Waals surface area contributed by atoms with E-state index in [9.17, 15) is 0 Å². The quantitative estimate of drug-likeness (QED) is 0.691. The van der Waals surface area contributed by atoms with E-state index < -0.39 is 0 Å². The number of hydrogen-bond acceptors (Lipinski definition) is 2. The molecule has 1 rings (SSSR count). The fourth-order valence-electron chi connectivity index (χ4n) is 1.60. The summed E-state index contributed by atoms with van der Waals surface area (Å²) in [5.41, 5.74) is 0. The largest absolute Gasteiger partial charge is 0.301 e. The van der Waals surface area contributed by atoms with E-state index in [1.165, 1.54) is 30.8 Å². The molecule has 0 aliphatic rings. The molecule has 1 heterocycles. The van der Waals surface area contributed by atoms with Gasteiger partial charge in [0.2, 0.25) is 0 Å². The minimum Gasteiger partial charge on any atom is -0.301 e. The van der Waals surface area contributed by atoms with Gasteiger partial charge in [-0.2, -0.15) is 0 Å². The van der Waals surface area contributed by atoms with Crippen molar-refractivity contribution in [2.24, 2.45) is 0 Å². The summed E-state index contributed by atoms with van der Waals surface area (Å²) >= 11 is 5.36. The molecule has 0 atom stereocenters. The number of nitrogens with zero attached hydrogens (tertiary/aromatic N) is 1. The van der Waals surface area contributed by atoms with Crippen LogP contribution in [0.5, 0.6) is 0 Å². The summed E-state index contributed by atoms with van der Waals surface area (Å²) < 4.78 is 0. The normalized spacial score (nSPS) is 11.5. The third kappa shape index (κ3) is 5.14. The van der Waals surface area contributed by atoms with Gasteiger partial charge in [-0.3, -0.25) is 0 Å². The molecule has 0 bridgehead atoms. The standard InChI is InChI=1S/C12H20BrNS/c1-11(2)14(8-4-7-13)9-6-12-5-3-10-15-12/h3,5,10-11H,4,6-9H2,1-2H3. The SMILES string of the molecule is CC(C)N(CCCBr)CCc1cccs1. The Morgan fingerprint density at radius 3 is 2.73 bits per heavy atom. The van der Waals surface area contributed by atoms with E-state index >= 15 is 0 Å². The van der Waals surface area contributed by atoms with Gasteiger partial charge in [0.25, 0.3) is 0 Å². The number of hydrogen-bond donors (Lipinski definition) is 0. The highest BCUT2D eigenvalue weighted by molar-refractivity contribution is 9.09. The maximum Gasteiger partial charge on any atom is 0.00579 e. The predicted octanol–water partition coefficient (Wildman–Crippen LogP) is 3.79. The number of alkyl halides is 1. The Morgan fingerprint density at radius 1 is 1.40 bits per heavy atom. The Bertz CT molecular complexity index is 246. The molecule has 0 radical (unpaired) electrons. The Kier molecular flexibility index (Phi) is 6.53. The van der Waals surface area contributed by atoms with Crippen molar-refractivity contribution in [1.29, 1.82) is 0 Å². The first-order valence-corrected chi connectivity index (χ1v) is 7.56. The molecule has 1 nitrogen and oxygen atoms in total. The third-order valence-electron chi connectivity index (χ3n) is 2.53. The number of halogens is 1. The van der Waals surface area contributed by atoms with Crippen molar-refractivity contribution in [3.05, 3.63) is 22.4 Å². The van der Waals surface area contributed by atoms with Crippen LogP contribution in [0.15, 0.2) is 17.5 Å². The van der Waals surface area contributed by atoms with Gasteiger partial charge in [0.15, 0.2) is 0 Å². The van der Waals surface area contributed by atoms with E-state index in [-0.39, 0.29) is 0 Å². The highest BCUT2D eigenvalue weighted by Crippen LogP contribution is 2.11. The Balaban J connectivity index is 2.31. The fourth-order valence-corrected chi connectivity index (χ4v) is 2.55. The van der Waals surface area contributed by atoms with E-state index in [0.717, 1.165) is 5.33 Å². The van der Waals surface area contributed by atoms with Gasteiger partial charge < -0.3 is 4.90 Å². The summed E-state index contributed by atoms with van der Waals surface area (Å²) in [6.45, 7) is 6.95. The predicted molar refractivity (Wildman–Crippen MR) is 73.1 cm³/mol. The van der Waals surface area contributed by atoms with Crippen molar-refractivity contribution in [3.63, 3.8) is 0 Å². The van der Waals surface area contributed by atoms with Crippen LogP contribution in [0.1, 0.15) is 25.1 Å². The zero-order valence-corrected chi connectivity index (χ0v) is 12.0. The van der Waals surface area contributed by atoms with Crippen molar-refractivity contribution in [3.8, 4) is 0 Å². The molecule has 86 valence electrons. The Labute approximate surface area is 106 Å². The van der Waals surface area contributed by atoms with Crippen LogP contribution in [0.2, 0.25) is 0 Å². The average Bonchev–Trinajstić information content (AvgIpc) is 2.70. The smallest absolute Gasteiger partial charge is 0.00579 e. The number of rotatable bonds is 7. The van der Waals surface area contributed by atoms with E-state index in [1.54, 1.807) is 0 Å². The first-order valence-electron chi connectivity index (χ1n) is 5.56. The van der Waals surface area contributed by atoms with Gasteiger partial charge in [0.05, 0.1) is 0 Å². The molecule has 0 aliphatic carbocycles. The van der Waals surface area contributed by atoms with Gasteiger partial charge in [-0.25, -0.2) is 0 Å². The van der Waals surface area contributed by atoms with Crippen molar-refractivity contribution in [2.75, 3.05) is 18.4 Å². The maximum atomic E-state index is 3.49. The third-order valence-corrected chi connectivity index (χ3v) is 4.03. The van der Waals surface area contributed by atoms with Crippen LogP contribution in [-0.4, -0.2) is 29.4 Å². The van der Waals surface area contributed by atoms with Crippen LogP contribution in [0.25, 0.3) is 0 Å². The summed E-state index contributed by atoms with van der Waals surface area (Å²) in [6.07, 6.45) is 2.43. The molecule has 0 unspecified atom stereocenters. The molecule has 0 amide bonds. The van der Waals surface area contributed by atoms with E-state index in [0.29, 0.717) is 6.04 Å². The van der Waals surface area contributed by atoms with Crippen molar-refractivity contribution in [1.82, 2.24) is 4.90 Å². The van der Waals surface area contributed by atoms with Crippen LogP contribution in [0, 0.1) is 0 Å². The second-order valence-electron chi connectivity index (χ2n) is 4.00. The average molecular weight is 290 g/mol. The molecule has 0 fully saturated rings. The molecule has 1 aromatic heterocycles. The molecule has 0 aliphatic heterocycles. The summed E-state index contributed by atoms with van der Waals surface area (Å²) in [6, 6.07) is 5.02.